The van der Waals surface area contributed by atoms with Crippen molar-refractivity contribution in [3.63, 3.8) is 0 Å². The van der Waals surface area contributed by atoms with Crippen molar-refractivity contribution < 1.29 is 14.3 Å². The minimum absolute atomic E-state index is 0.0837. The van der Waals surface area contributed by atoms with Gasteiger partial charge >= 0.3 is 5.97 Å². The molecule has 2 aromatic heterocycles. The molecule has 0 atom stereocenters. The van der Waals surface area contributed by atoms with Crippen LogP contribution in [0, 0.1) is 19.8 Å². The number of carbonyl (C=O) groups is 2. The number of rotatable bonds is 4. The minimum atomic E-state index is -0.173. The number of ether oxygens (including phenoxy) is 1. The van der Waals surface area contributed by atoms with Crippen LogP contribution in [0.3, 0.4) is 0 Å². The topological polar surface area (TPSA) is 72.4 Å². The molecule has 3 heterocycles. The fourth-order valence-electron chi connectivity index (χ4n) is 3.01. The van der Waals surface area contributed by atoms with Gasteiger partial charge in [-0.15, -0.1) is 11.3 Å². The molecule has 8 heteroatoms. The number of amides is 1. The molecule has 134 valence electrons. The van der Waals surface area contributed by atoms with Crippen molar-refractivity contribution in [2.45, 2.75) is 31.7 Å². The molecule has 1 saturated heterocycles. The van der Waals surface area contributed by atoms with E-state index in [4.69, 9.17) is 4.74 Å². The monoisotopic (exact) mass is 379 g/mol. The fraction of sp³-hybridized carbons (Fsp3) is 0.529. The first kappa shape index (κ1) is 18.1. The number of piperidine rings is 1. The number of likely N-dealkylation sites (tertiary alicyclic amines) is 1. The second-order valence-corrected chi connectivity index (χ2v) is 8.28. The van der Waals surface area contributed by atoms with Gasteiger partial charge < -0.3 is 9.64 Å². The lowest BCUT2D eigenvalue weighted by Crippen LogP contribution is -2.41. The molecule has 0 bridgehead atoms. The van der Waals surface area contributed by atoms with Crippen molar-refractivity contribution in [2.24, 2.45) is 5.92 Å². The van der Waals surface area contributed by atoms with Gasteiger partial charge in [0, 0.05) is 23.4 Å². The Morgan fingerprint density at radius 1 is 1.32 bits per heavy atom. The van der Waals surface area contributed by atoms with Crippen LogP contribution >= 0.6 is 23.1 Å². The number of methoxy groups -OCH3 is 1. The molecule has 1 aliphatic heterocycles. The van der Waals surface area contributed by atoms with Crippen LogP contribution in [0.1, 0.15) is 23.3 Å². The van der Waals surface area contributed by atoms with E-state index in [9.17, 15) is 9.59 Å². The molecule has 2 aromatic rings. The zero-order chi connectivity index (χ0) is 18.0. The van der Waals surface area contributed by atoms with Crippen LogP contribution in [0.4, 0.5) is 0 Å². The van der Waals surface area contributed by atoms with Crippen molar-refractivity contribution in [1.82, 2.24) is 14.9 Å². The van der Waals surface area contributed by atoms with Gasteiger partial charge in [-0.05, 0) is 32.3 Å². The van der Waals surface area contributed by atoms with Gasteiger partial charge in [0.05, 0.1) is 18.8 Å². The van der Waals surface area contributed by atoms with E-state index in [-0.39, 0.29) is 17.8 Å². The summed E-state index contributed by atoms with van der Waals surface area (Å²) in [6.07, 6.45) is 2.90. The number of fused-ring (bicyclic) bond motifs is 1. The largest absolute Gasteiger partial charge is 0.469 e. The Labute approximate surface area is 155 Å². The van der Waals surface area contributed by atoms with Crippen LogP contribution in [0.15, 0.2) is 11.4 Å². The van der Waals surface area contributed by atoms with Crippen LogP contribution in [0.25, 0.3) is 10.2 Å². The highest BCUT2D eigenvalue weighted by Gasteiger charge is 2.28. The Kier molecular flexibility index (Phi) is 5.58. The standard InChI is InChI=1S/C17H21N3O3S2/c1-10-11(2)25-16-14(10)15(18-9-19-16)24-8-13(21)20-6-4-12(5-7-20)17(22)23-3/h9,12H,4-8H2,1-3H3. The van der Waals surface area contributed by atoms with Gasteiger partial charge in [-0.2, -0.15) is 0 Å². The lowest BCUT2D eigenvalue weighted by molar-refractivity contribution is -0.148. The summed E-state index contributed by atoms with van der Waals surface area (Å²) in [7, 11) is 1.41. The molecule has 25 heavy (non-hydrogen) atoms. The van der Waals surface area contributed by atoms with Gasteiger partial charge in [0.1, 0.15) is 16.2 Å². The second-order valence-electron chi connectivity index (χ2n) is 6.11. The average molecular weight is 380 g/mol. The van der Waals surface area contributed by atoms with Crippen LogP contribution < -0.4 is 0 Å². The lowest BCUT2D eigenvalue weighted by atomic mass is 9.97. The molecule has 1 aliphatic rings. The average Bonchev–Trinajstić information content (AvgIpc) is 2.94. The molecule has 0 radical (unpaired) electrons. The first-order valence-electron chi connectivity index (χ1n) is 8.20. The van der Waals surface area contributed by atoms with Gasteiger partial charge in [-0.1, -0.05) is 11.8 Å². The van der Waals surface area contributed by atoms with E-state index >= 15 is 0 Å². The smallest absolute Gasteiger partial charge is 0.308 e. The molecule has 0 N–H and O–H groups in total. The number of thiophene rings is 1. The molecule has 1 amide bonds. The Hall–Kier alpha value is -1.67. The van der Waals surface area contributed by atoms with E-state index in [1.54, 1.807) is 17.7 Å². The molecule has 0 aromatic carbocycles. The zero-order valence-corrected chi connectivity index (χ0v) is 16.2. The molecule has 0 saturated carbocycles. The summed E-state index contributed by atoms with van der Waals surface area (Å²) in [5, 5.41) is 1.93. The first-order valence-corrected chi connectivity index (χ1v) is 10.0. The van der Waals surface area contributed by atoms with E-state index in [2.05, 4.69) is 23.8 Å². The van der Waals surface area contributed by atoms with Gasteiger partial charge in [0.2, 0.25) is 5.91 Å². The molecule has 6 nitrogen and oxygen atoms in total. The lowest BCUT2D eigenvalue weighted by Gasteiger charge is -2.30. The highest BCUT2D eigenvalue weighted by Crippen LogP contribution is 2.34. The number of hydrogen-bond donors (Lipinski definition) is 0. The predicted octanol–water partition coefficient (Wildman–Crippen LogP) is 2.81. The first-order chi connectivity index (χ1) is 12.0. The van der Waals surface area contributed by atoms with Crippen LogP contribution in [0.5, 0.6) is 0 Å². The zero-order valence-electron chi connectivity index (χ0n) is 14.6. The maximum absolute atomic E-state index is 12.5. The Balaban J connectivity index is 1.61. The Morgan fingerprint density at radius 3 is 2.72 bits per heavy atom. The predicted molar refractivity (Wildman–Crippen MR) is 98.9 cm³/mol. The second kappa shape index (κ2) is 7.70. The maximum atomic E-state index is 12.5. The summed E-state index contributed by atoms with van der Waals surface area (Å²) in [6, 6.07) is 0. The van der Waals surface area contributed by atoms with Gasteiger partial charge in [0.15, 0.2) is 0 Å². The van der Waals surface area contributed by atoms with Crippen molar-refractivity contribution in [1.29, 1.82) is 0 Å². The number of nitrogens with zero attached hydrogens (tertiary/aromatic N) is 3. The van der Waals surface area contributed by atoms with E-state index in [1.165, 1.54) is 29.3 Å². The molecular weight excluding hydrogens is 358 g/mol. The van der Waals surface area contributed by atoms with Gasteiger partial charge in [-0.25, -0.2) is 9.97 Å². The number of aryl methyl sites for hydroxylation is 2. The summed E-state index contributed by atoms with van der Waals surface area (Å²) in [5.41, 5.74) is 1.19. The third kappa shape index (κ3) is 3.79. The molecule has 0 aliphatic carbocycles. The normalized spacial score (nSPS) is 15.6. The summed E-state index contributed by atoms with van der Waals surface area (Å²) in [6.45, 7) is 5.36. The highest BCUT2D eigenvalue weighted by molar-refractivity contribution is 8.00. The third-order valence-corrected chi connectivity index (χ3v) is 6.73. The number of aromatic nitrogens is 2. The van der Waals surface area contributed by atoms with Crippen LogP contribution in [-0.2, 0) is 14.3 Å². The maximum Gasteiger partial charge on any atom is 0.308 e. The highest BCUT2D eigenvalue weighted by atomic mass is 32.2. The molecular formula is C17H21N3O3S2. The van der Waals surface area contributed by atoms with E-state index in [1.807, 2.05) is 4.90 Å². The summed E-state index contributed by atoms with van der Waals surface area (Å²) >= 11 is 3.12. The Morgan fingerprint density at radius 2 is 2.04 bits per heavy atom. The van der Waals surface area contributed by atoms with Crippen molar-refractivity contribution in [3.05, 3.63) is 16.8 Å². The molecule has 0 spiro atoms. The molecule has 3 rings (SSSR count). The van der Waals surface area contributed by atoms with Gasteiger partial charge in [-0.3, -0.25) is 9.59 Å². The van der Waals surface area contributed by atoms with Crippen molar-refractivity contribution >= 4 is 45.2 Å². The van der Waals surface area contributed by atoms with Crippen molar-refractivity contribution in [3.8, 4) is 0 Å². The van der Waals surface area contributed by atoms with Crippen molar-refractivity contribution in [2.75, 3.05) is 26.0 Å². The number of hydrogen-bond acceptors (Lipinski definition) is 7. The quantitative estimate of drug-likeness (QED) is 0.462. The fourth-order valence-corrected chi connectivity index (χ4v) is 5.03. The van der Waals surface area contributed by atoms with Crippen LogP contribution in [0.2, 0.25) is 0 Å². The molecule has 1 fully saturated rings. The Bertz CT molecular complexity index is 798. The summed E-state index contributed by atoms with van der Waals surface area (Å²) in [4.78, 5) is 36.8. The minimum Gasteiger partial charge on any atom is -0.469 e. The number of carbonyl (C=O) groups excluding carboxylic acids is 2. The van der Waals surface area contributed by atoms with E-state index in [0.29, 0.717) is 31.7 Å². The SMILES string of the molecule is COC(=O)C1CCN(C(=O)CSc2ncnc3sc(C)c(C)c23)CC1. The number of thioether (sulfide) groups is 1. The van der Waals surface area contributed by atoms with Crippen LogP contribution in [-0.4, -0.2) is 52.7 Å². The van der Waals surface area contributed by atoms with Gasteiger partial charge in [0.25, 0.3) is 0 Å². The third-order valence-electron chi connectivity index (χ3n) is 4.65. The summed E-state index contributed by atoms with van der Waals surface area (Å²) in [5.74, 6) is 0.182. The van der Waals surface area contributed by atoms with E-state index in [0.717, 1.165) is 15.2 Å². The van der Waals surface area contributed by atoms with E-state index < -0.39 is 0 Å². The summed E-state index contributed by atoms with van der Waals surface area (Å²) < 4.78 is 4.79. The molecule has 0 unspecified atom stereocenters. The number of esters is 1.